The maximum Gasteiger partial charge on any atom is 0.243 e. The van der Waals surface area contributed by atoms with Gasteiger partial charge in [0.25, 0.3) is 0 Å². The van der Waals surface area contributed by atoms with E-state index in [1.165, 1.54) is 29.1 Å². The number of unbranched alkanes of at least 4 members (excludes halogenated alkanes) is 1. The Morgan fingerprint density at radius 2 is 1.58 bits per heavy atom. The van der Waals surface area contributed by atoms with Crippen LogP contribution in [0.25, 0.3) is 0 Å². The van der Waals surface area contributed by atoms with Crippen molar-refractivity contribution in [1.82, 2.24) is 4.31 Å². The molecule has 0 saturated carbocycles. The van der Waals surface area contributed by atoms with Gasteiger partial charge in [-0.05, 0) is 60.4 Å². The number of nitrogens with one attached hydrogen (secondary N) is 1. The van der Waals surface area contributed by atoms with Crippen molar-refractivity contribution in [3.05, 3.63) is 90.0 Å². The molecule has 0 fully saturated rings. The molecule has 174 valence electrons. The first-order chi connectivity index (χ1) is 15.9. The number of rotatable bonds is 11. The van der Waals surface area contributed by atoms with Gasteiger partial charge in [0.1, 0.15) is 5.75 Å². The second-order valence-corrected chi connectivity index (χ2v) is 9.72. The summed E-state index contributed by atoms with van der Waals surface area (Å²) in [6, 6.07) is 23.0. The van der Waals surface area contributed by atoms with Crippen LogP contribution in [0, 0.1) is 0 Å². The van der Waals surface area contributed by atoms with Gasteiger partial charge in [-0.25, -0.2) is 8.42 Å². The predicted molar refractivity (Wildman–Crippen MR) is 131 cm³/mol. The van der Waals surface area contributed by atoms with Crippen LogP contribution in [0.1, 0.15) is 30.9 Å². The highest BCUT2D eigenvalue weighted by atomic mass is 32.2. The van der Waals surface area contributed by atoms with Crippen LogP contribution in [0.5, 0.6) is 5.75 Å². The molecule has 1 N–H and O–H groups in total. The van der Waals surface area contributed by atoms with Crippen molar-refractivity contribution < 1.29 is 17.9 Å². The Bertz CT molecular complexity index is 1130. The van der Waals surface area contributed by atoms with Crippen LogP contribution in [-0.2, 0) is 27.8 Å². The van der Waals surface area contributed by atoms with Gasteiger partial charge in [0.2, 0.25) is 15.9 Å². The summed E-state index contributed by atoms with van der Waals surface area (Å²) in [6.07, 6.45) is 3.23. The van der Waals surface area contributed by atoms with Gasteiger partial charge in [-0.1, -0.05) is 55.8 Å². The van der Waals surface area contributed by atoms with Crippen LogP contribution in [0.3, 0.4) is 0 Å². The van der Waals surface area contributed by atoms with Crippen LogP contribution in [0.2, 0.25) is 0 Å². The number of anilines is 1. The number of aryl methyl sites for hydroxylation is 1. The lowest BCUT2D eigenvalue weighted by molar-refractivity contribution is -0.116. The molecule has 6 nitrogen and oxygen atoms in total. The second-order valence-electron chi connectivity index (χ2n) is 7.78. The molecule has 0 spiro atoms. The molecule has 0 aliphatic rings. The van der Waals surface area contributed by atoms with Crippen molar-refractivity contribution in [3.63, 3.8) is 0 Å². The molecule has 0 aliphatic heterocycles. The maximum atomic E-state index is 13.4. The van der Waals surface area contributed by atoms with Crippen LogP contribution in [0.4, 0.5) is 5.69 Å². The summed E-state index contributed by atoms with van der Waals surface area (Å²) in [5, 5.41) is 2.82. The largest absolute Gasteiger partial charge is 0.497 e. The quantitative estimate of drug-likeness (QED) is 0.438. The molecule has 0 aliphatic carbocycles. The first-order valence-electron chi connectivity index (χ1n) is 11.0. The number of benzene rings is 3. The molecule has 7 heteroatoms. The van der Waals surface area contributed by atoms with Gasteiger partial charge >= 0.3 is 0 Å². The minimum absolute atomic E-state index is 0.0819. The molecule has 3 aromatic rings. The highest BCUT2D eigenvalue weighted by molar-refractivity contribution is 7.89. The van der Waals surface area contributed by atoms with E-state index in [1.807, 2.05) is 54.6 Å². The predicted octanol–water partition coefficient (Wildman–Crippen LogP) is 4.87. The van der Waals surface area contributed by atoms with Crippen molar-refractivity contribution in [2.24, 2.45) is 0 Å². The number of nitrogens with zero attached hydrogens (tertiary/aromatic N) is 1. The number of carbonyl (C=O) groups is 1. The molecule has 0 heterocycles. The number of amides is 1. The Morgan fingerprint density at radius 1 is 0.909 bits per heavy atom. The second kappa shape index (κ2) is 11.6. The minimum Gasteiger partial charge on any atom is -0.497 e. The van der Waals surface area contributed by atoms with Crippen molar-refractivity contribution in [1.29, 1.82) is 0 Å². The van der Waals surface area contributed by atoms with Crippen molar-refractivity contribution >= 4 is 21.6 Å². The number of carbonyl (C=O) groups excluding carboxylic acids is 1. The van der Waals surface area contributed by atoms with E-state index in [4.69, 9.17) is 4.74 Å². The topological polar surface area (TPSA) is 75.7 Å². The summed E-state index contributed by atoms with van der Waals surface area (Å²) in [5.74, 6) is 0.160. The number of hydrogen-bond acceptors (Lipinski definition) is 4. The lowest BCUT2D eigenvalue weighted by Crippen LogP contribution is -2.37. The van der Waals surface area contributed by atoms with Gasteiger partial charge in [-0.15, -0.1) is 0 Å². The Labute approximate surface area is 196 Å². The lowest BCUT2D eigenvalue weighted by Gasteiger charge is -2.22. The summed E-state index contributed by atoms with van der Waals surface area (Å²) in [7, 11) is -2.39. The highest BCUT2D eigenvalue weighted by Crippen LogP contribution is 2.21. The van der Waals surface area contributed by atoms with E-state index in [-0.39, 0.29) is 18.0 Å². The van der Waals surface area contributed by atoms with Crippen LogP contribution >= 0.6 is 0 Å². The van der Waals surface area contributed by atoms with E-state index in [0.29, 0.717) is 11.4 Å². The molecule has 0 aromatic heterocycles. The van der Waals surface area contributed by atoms with E-state index in [0.717, 1.165) is 24.8 Å². The third kappa shape index (κ3) is 6.91. The zero-order valence-corrected chi connectivity index (χ0v) is 19.8. The highest BCUT2D eigenvalue weighted by Gasteiger charge is 2.27. The average molecular weight is 467 g/mol. The summed E-state index contributed by atoms with van der Waals surface area (Å²) in [5.41, 5.74) is 2.65. The molecule has 0 bridgehead atoms. The third-order valence-corrected chi connectivity index (χ3v) is 7.08. The SMILES string of the molecule is CCCCc1ccc(NC(=O)CN(Cc2ccccc2)S(=O)(=O)c2ccc(OC)cc2)cc1. The minimum atomic E-state index is -3.91. The normalized spacial score (nSPS) is 11.4. The molecule has 3 rings (SSSR count). The first kappa shape index (κ1) is 24.5. The molecule has 0 atom stereocenters. The van der Waals surface area contributed by atoms with Gasteiger partial charge < -0.3 is 10.1 Å². The van der Waals surface area contributed by atoms with Crippen LogP contribution < -0.4 is 10.1 Å². The molecule has 0 unspecified atom stereocenters. The van der Waals surface area contributed by atoms with E-state index < -0.39 is 15.9 Å². The maximum absolute atomic E-state index is 13.4. The molecule has 0 radical (unpaired) electrons. The number of ether oxygens (including phenoxy) is 1. The summed E-state index contributed by atoms with van der Waals surface area (Å²) in [4.78, 5) is 12.9. The summed E-state index contributed by atoms with van der Waals surface area (Å²) >= 11 is 0. The average Bonchev–Trinajstić information content (AvgIpc) is 2.84. The van der Waals surface area contributed by atoms with Crippen LogP contribution in [0.15, 0.2) is 83.8 Å². The Hall–Kier alpha value is -3.16. The number of sulfonamides is 1. The monoisotopic (exact) mass is 466 g/mol. The van der Waals surface area contributed by atoms with Crippen molar-refractivity contribution in [3.8, 4) is 5.75 Å². The van der Waals surface area contributed by atoms with Gasteiger partial charge in [-0.2, -0.15) is 4.31 Å². The van der Waals surface area contributed by atoms with E-state index >= 15 is 0 Å². The Kier molecular flexibility index (Phi) is 8.63. The van der Waals surface area contributed by atoms with Crippen molar-refractivity contribution in [2.75, 3.05) is 19.0 Å². The Balaban J connectivity index is 1.78. The molecule has 1 amide bonds. The fourth-order valence-electron chi connectivity index (χ4n) is 3.41. The molecular weight excluding hydrogens is 436 g/mol. The number of methoxy groups -OCH3 is 1. The zero-order chi connectivity index (χ0) is 23.7. The zero-order valence-electron chi connectivity index (χ0n) is 19.0. The van der Waals surface area contributed by atoms with Crippen molar-refractivity contribution in [2.45, 2.75) is 37.6 Å². The van der Waals surface area contributed by atoms with Gasteiger partial charge in [0.05, 0.1) is 18.6 Å². The lowest BCUT2D eigenvalue weighted by atomic mass is 10.1. The summed E-state index contributed by atoms with van der Waals surface area (Å²) < 4.78 is 33.1. The van der Waals surface area contributed by atoms with E-state index in [2.05, 4.69) is 12.2 Å². The number of hydrogen-bond donors (Lipinski definition) is 1. The smallest absolute Gasteiger partial charge is 0.243 e. The molecule has 33 heavy (non-hydrogen) atoms. The van der Waals surface area contributed by atoms with E-state index in [1.54, 1.807) is 12.1 Å². The fraction of sp³-hybridized carbons (Fsp3) is 0.269. The molecule has 3 aromatic carbocycles. The molecule has 0 saturated heterocycles. The standard InChI is InChI=1S/C26H30N2O4S/c1-3-4-8-21-11-13-23(14-12-21)27-26(29)20-28(19-22-9-6-5-7-10-22)33(30,31)25-17-15-24(32-2)16-18-25/h5-7,9-18H,3-4,8,19-20H2,1-2H3,(H,27,29). The summed E-state index contributed by atoms with van der Waals surface area (Å²) in [6.45, 7) is 1.93. The van der Waals surface area contributed by atoms with Crippen LogP contribution in [-0.4, -0.2) is 32.3 Å². The Morgan fingerprint density at radius 3 is 2.18 bits per heavy atom. The fourth-order valence-corrected chi connectivity index (χ4v) is 4.79. The first-order valence-corrected chi connectivity index (χ1v) is 12.4. The van der Waals surface area contributed by atoms with Gasteiger partial charge in [-0.3, -0.25) is 4.79 Å². The van der Waals surface area contributed by atoms with Gasteiger partial charge in [0.15, 0.2) is 0 Å². The van der Waals surface area contributed by atoms with Gasteiger partial charge in [0, 0.05) is 12.2 Å². The van der Waals surface area contributed by atoms with E-state index in [9.17, 15) is 13.2 Å². The third-order valence-electron chi connectivity index (χ3n) is 5.28. The molecular formula is C26H30N2O4S.